The molecule has 0 saturated heterocycles. The van der Waals surface area contributed by atoms with Crippen molar-refractivity contribution in [1.82, 2.24) is 14.9 Å². The maximum Gasteiger partial charge on any atom is 0.246 e. The fourth-order valence-electron chi connectivity index (χ4n) is 2.78. The lowest BCUT2D eigenvalue weighted by molar-refractivity contribution is -0.123. The van der Waals surface area contributed by atoms with Gasteiger partial charge in [0, 0.05) is 31.2 Å². The van der Waals surface area contributed by atoms with Crippen molar-refractivity contribution in [2.24, 2.45) is 7.05 Å². The van der Waals surface area contributed by atoms with E-state index in [0.717, 1.165) is 17.1 Å². The molecule has 0 aliphatic carbocycles. The van der Waals surface area contributed by atoms with Gasteiger partial charge in [0.15, 0.2) is 0 Å². The van der Waals surface area contributed by atoms with Crippen LogP contribution in [-0.4, -0.2) is 34.5 Å². The van der Waals surface area contributed by atoms with Crippen molar-refractivity contribution >= 4 is 23.6 Å². The zero-order chi connectivity index (χ0) is 22.9. The van der Waals surface area contributed by atoms with Crippen LogP contribution in [0.1, 0.15) is 18.3 Å². The normalized spacial score (nSPS) is 11.7. The minimum absolute atomic E-state index is 0.321. The molecule has 8 heteroatoms. The molecule has 0 radical (unpaired) electrons. The molecule has 0 aliphatic rings. The molecule has 1 atom stereocenters. The first kappa shape index (κ1) is 22.6. The number of carbonyl (C=O) groups excluding carboxylic acids is 2. The molecule has 166 valence electrons. The van der Waals surface area contributed by atoms with Crippen LogP contribution in [0.4, 0.5) is 5.69 Å². The van der Waals surface area contributed by atoms with Gasteiger partial charge < -0.3 is 24.7 Å². The predicted octanol–water partition coefficient (Wildman–Crippen LogP) is 3.16. The van der Waals surface area contributed by atoms with Crippen LogP contribution >= 0.6 is 0 Å². The Balaban J connectivity index is 1.46. The zero-order valence-corrected chi connectivity index (χ0v) is 18.2. The first-order valence-electron chi connectivity index (χ1n) is 10.1. The van der Waals surface area contributed by atoms with Gasteiger partial charge in [-0.15, -0.1) is 0 Å². The van der Waals surface area contributed by atoms with Gasteiger partial charge in [0.2, 0.25) is 11.8 Å². The van der Waals surface area contributed by atoms with E-state index < -0.39 is 6.04 Å². The maximum absolute atomic E-state index is 12.4. The number of rotatable bonds is 9. The third-order valence-electron chi connectivity index (χ3n) is 4.71. The van der Waals surface area contributed by atoms with Gasteiger partial charge in [-0.2, -0.15) is 0 Å². The number of amides is 2. The van der Waals surface area contributed by atoms with Crippen LogP contribution in [-0.2, 0) is 23.2 Å². The van der Waals surface area contributed by atoms with Crippen LogP contribution in [0.5, 0.6) is 11.5 Å². The third-order valence-corrected chi connectivity index (χ3v) is 4.71. The molecule has 2 N–H and O–H groups in total. The Hall–Kier alpha value is -4.07. The number of nitrogens with one attached hydrogen (secondary N) is 2. The van der Waals surface area contributed by atoms with Gasteiger partial charge in [-0.1, -0.05) is 12.1 Å². The van der Waals surface area contributed by atoms with Gasteiger partial charge in [0.1, 0.15) is 30.0 Å². The minimum Gasteiger partial charge on any atom is -0.497 e. The van der Waals surface area contributed by atoms with E-state index in [0.29, 0.717) is 18.0 Å². The highest BCUT2D eigenvalue weighted by atomic mass is 16.5. The summed E-state index contributed by atoms with van der Waals surface area (Å²) < 4.78 is 12.7. The zero-order valence-electron chi connectivity index (χ0n) is 18.2. The summed E-state index contributed by atoms with van der Waals surface area (Å²) in [4.78, 5) is 28.7. The number of anilines is 1. The number of carbonyl (C=O) groups is 2. The molecular weight excluding hydrogens is 408 g/mol. The summed E-state index contributed by atoms with van der Waals surface area (Å²) in [6.45, 7) is 1.97. The standard InChI is InChI=1S/C24H26N4O4/c1-17(26-23(29)13-6-18-4-9-20(31-3)10-5-18)24(30)27-19-7-11-21(12-8-19)32-16-22-25-14-15-28(22)2/h4-15,17H,16H2,1-3H3,(H,26,29)(H,27,30)/b13-6+. The first-order valence-corrected chi connectivity index (χ1v) is 10.1. The Morgan fingerprint density at radius 1 is 1.09 bits per heavy atom. The van der Waals surface area contributed by atoms with E-state index in [1.54, 1.807) is 50.6 Å². The Kier molecular flexibility index (Phi) is 7.64. The second-order valence-corrected chi connectivity index (χ2v) is 7.09. The average molecular weight is 434 g/mol. The molecule has 2 amide bonds. The average Bonchev–Trinajstić information content (AvgIpc) is 3.22. The van der Waals surface area contributed by atoms with E-state index >= 15 is 0 Å². The lowest BCUT2D eigenvalue weighted by Gasteiger charge is -2.13. The molecule has 8 nitrogen and oxygen atoms in total. The highest BCUT2D eigenvalue weighted by molar-refractivity contribution is 5.99. The minimum atomic E-state index is -0.706. The van der Waals surface area contributed by atoms with Gasteiger partial charge in [-0.25, -0.2) is 4.98 Å². The van der Waals surface area contributed by atoms with E-state index in [9.17, 15) is 9.59 Å². The van der Waals surface area contributed by atoms with E-state index in [1.807, 2.05) is 42.1 Å². The molecule has 2 aromatic carbocycles. The number of imidazole rings is 1. The van der Waals surface area contributed by atoms with Crippen LogP contribution in [0.25, 0.3) is 6.08 Å². The summed E-state index contributed by atoms with van der Waals surface area (Å²) in [5, 5.41) is 5.42. The van der Waals surface area contributed by atoms with Crippen molar-refractivity contribution in [3.05, 3.63) is 78.4 Å². The summed E-state index contributed by atoms with van der Waals surface area (Å²) >= 11 is 0. The van der Waals surface area contributed by atoms with E-state index in [2.05, 4.69) is 15.6 Å². The van der Waals surface area contributed by atoms with Crippen molar-refractivity contribution in [3.8, 4) is 11.5 Å². The fourth-order valence-corrected chi connectivity index (χ4v) is 2.78. The smallest absolute Gasteiger partial charge is 0.246 e. The van der Waals surface area contributed by atoms with E-state index in [4.69, 9.17) is 9.47 Å². The monoisotopic (exact) mass is 434 g/mol. The first-order chi connectivity index (χ1) is 15.4. The molecule has 0 spiro atoms. The quantitative estimate of drug-likeness (QED) is 0.505. The number of hydrogen-bond acceptors (Lipinski definition) is 5. The molecular formula is C24H26N4O4. The van der Waals surface area contributed by atoms with Gasteiger partial charge >= 0.3 is 0 Å². The largest absolute Gasteiger partial charge is 0.497 e. The van der Waals surface area contributed by atoms with Crippen molar-refractivity contribution in [3.63, 3.8) is 0 Å². The number of benzene rings is 2. The summed E-state index contributed by atoms with van der Waals surface area (Å²) in [6, 6.07) is 13.6. The molecule has 0 saturated carbocycles. The molecule has 0 bridgehead atoms. The van der Waals surface area contributed by atoms with Crippen LogP contribution in [0.15, 0.2) is 67.0 Å². The highest BCUT2D eigenvalue weighted by Gasteiger charge is 2.14. The van der Waals surface area contributed by atoms with Gasteiger partial charge in [0.05, 0.1) is 7.11 Å². The van der Waals surface area contributed by atoms with Gasteiger partial charge in [-0.3, -0.25) is 9.59 Å². The molecule has 3 rings (SSSR count). The summed E-state index contributed by atoms with van der Waals surface area (Å²) in [5.74, 6) is 1.54. The topological polar surface area (TPSA) is 94.5 Å². The SMILES string of the molecule is COc1ccc(/C=C/C(=O)NC(C)C(=O)Nc2ccc(OCc3nccn3C)cc2)cc1. The lowest BCUT2D eigenvalue weighted by Crippen LogP contribution is -2.40. The Morgan fingerprint density at radius 2 is 1.78 bits per heavy atom. The molecule has 1 aromatic heterocycles. The molecule has 1 unspecified atom stereocenters. The van der Waals surface area contributed by atoms with Gasteiger partial charge in [0.25, 0.3) is 0 Å². The van der Waals surface area contributed by atoms with Crippen LogP contribution in [0, 0.1) is 0 Å². The number of hydrogen-bond donors (Lipinski definition) is 2. The Bertz CT molecular complexity index is 1070. The van der Waals surface area contributed by atoms with Crippen molar-refractivity contribution in [2.45, 2.75) is 19.6 Å². The summed E-state index contributed by atoms with van der Waals surface area (Å²) in [6.07, 6.45) is 6.63. The summed E-state index contributed by atoms with van der Waals surface area (Å²) in [5.41, 5.74) is 1.46. The van der Waals surface area contributed by atoms with Crippen molar-refractivity contribution in [1.29, 1.82) is 0 Å². The molecule has 3 aromatic rings. The lowest BCUT2D eigenvalue weighted by atomic mass is 10.2. The van der Waals surface area contributed by atoms with Crippen LogP contribution in [0.3, 0.4) is 0 Å². The number of aromatic nitrogens is 2. The number of ether oxygens (including phenoxy) is 2. The highest BCUT2D eigenvalue weighted by Crippen LogP contribution is 2.17. The molecule has 0 fully saturated rings. The van der Waals surface area contributed by atoms with Crippen LogP contribution in [0.2, 0.25) is 0 Å². The summed E-state index contributed by atoms with van der Waals surface area (Å²) in [7, 11) is 3.50. The van der Waals surface area contributed by atoms with Gasteiger partial charge in [-0.05, 0) is 55.0 Å². The Morgan fingerprint density at radius 3 is 2.41 bits per heavy atom. The van der Waals surface area contributed by atoms with E-state index in [-0.39, 0.29) is 11.8 Å². The predicted molar refractivity (Wildman–Crippen MR) is 122 cm³/mol. The van der Waals surface area contributed by atoms with E-state index in [1.165, 1.54) is 6.08 Å². The number of aryl methyl sites for hydroxylation is 1. The fraction of sp³-hybridized carbons (Fsp3) is 0.208. The third kappa shape index (κ3) is 6.46. The second kappa shape index (κ2) is 10.8. The van der Waals surface area contributed by atoms with Crippen LogP contribution < -0.4 is 20.1 Å². The number of nitrogens with zero attached hydrogens (tertiary/aromatic N) is 2. The van der Waals surface area contributed by atoms with Crippen molar-refractivity contribution in [2.75, 3.05) is 12.4 Å². The number of methoxy groups -OCH3 is 1. The molecule has 32 heavy (non-hydrogen) atoms. The van der Waals surface area contributed by atoms with Crippen molar-refractivity contribution < 1.29 is 19.1 Å². The Labute approximate surface area is 186 Å². The second-order valence-electron chi connectivity index (χ2n) is 7.09. The maximum atomic E-state index is 12.4. The molecule has 0 aliphatic heterocycles. The molecule has 1 heterocycles.